The van der Waals surface area contributed by atoms with Crippen molar-refractivity contribution in [3.8, 4) is 5.75 Å². The van der Waals surface area contributed by atoms with Crippen molar-refractivity contribution in [2.24, 2.45) is 0 Å². The molecular weight excluding hydrogens is 376 g/mol. The molecule has 0 bridgehead atoms. The van der Waals surface area contributed by atoms with Gasteiger partial charge in [0.25, 0.3) is 0 Å². The van der Waals surface area contributed by atoms with Crippen molar-refractivity contribution in [2.75, 3.05) is 6.61 Å². The van der Waals surface area contributed by atoms with Gasteiger partial charge in [-0.3, -0.25) is 4.79 Å². The van der Waals surface area contributed by atoms with Crippen LogP contribution in [-0.4, -0.2) is 24.5 Å². The minimum absolute atomic E-state index is 0.277. The first-order valence-corrected chi connectivity index (χ1v) is 8.20. The average molecular weight is 393 g/mol. The first-order valence-electron chi connectivity index (χ1n) is 7.40. The molecule has 1 aromatic heterocycles. The van der Waals surface area contributed by atoms with Crippen LogP contribution in [0.3, 0.4) is 0 Å². The Balaban J connectivity index is 1.92. The van der Waals surface area contributed by atoms with Crippen molar-refractivity contribution in [3.63, 3.8) is 0 Å². The lowest BCUT2D eigenvalue weighted by molar-refractivity contribution is -0.140. The number of esters is 1. The minimum Gasteiger partial charge on any atom is -0.494 e. The fourth-order valence-electron chi connectivity index (χ4n) is 1.95. The first-order chi connectivity index (χ1) is 11.5. The third kappa shape index (κ3) is 5.09. The van der Waals surface area contributed by atoms with Crippen molar-refractivity contribution in [3.05, 3.63) is 58.5 Å². The third-order valence-corrected chi connectivity index (χ3v) is 3.52. The summed E-state index contributed by atoms with van der Waals surface area (Å²) in [5, 5.41) is 0. The molecular formula is C18H17BrO5. The van der Waals surface area contributed by atoms with Crippen LogP contribution in [0, 0.1) is 0 Å². The van der Waals surface area contributed by atoms with E-state index in [-0.39, 0.29) is 5.78 Å². The second-order valence-electron chi connectivity index (χ2n) is 4.88. The summed E-state index contributed by atoms with van der Waals surface area (Å²) in [5.74, 6) is 0.297. The van der Waals surface area contributed by atoms with E-state index in [9.17, 15) is 9.59 Å². The highest BCUT2D eigenvalue weighted by Crippen LogP contribution is 2.16. The van der Waals surface area contributed by atoms with Crippen molar-refractivity contribution >= 4 is 33.8 Å². The van der Waals surface area contributed by atoms with Gasteiger partial charge in [0.05, 0.1) is 6.61 Å². The van der Waals surface area contributed by atoms with Gasteiger partial charge in [-0.15, -0.1) is 0 Å². The van der Waals surface area contributed by atoms with Crippen LogP contribution in [-0.2, 0) is 9.53 Å². The SMILES string of the molecule is CCOc1ccc(C(=O)[C@H](C)OC(=O)/C=C/c2ccc(Br)o2)cc1. The van der Waals surface area contributed by atoms with Gasteiger partial charge in [0.2, 0.25) is 5.78 Å². The normalized spacial score (nSPS) is 12.1. The minimum atomic E-state index is -0.886. The molecule has 0 unspecified atom stereocenters. The summed E-state index contributed by atoms with van der Waals surface area (Å²) in [4.78, 5) is 24.0. The maximum atomic E-state index is 12.3. The lowest BCUT2D eigenvalue weighted by Crippen LogP contribution is -2.23. The Labute approximate surface area is 148 Å². The molecule has 126 valence electrons. The number of hydrogen-bond donors (Lipinski definition) is 0. The lowest BCUT2D eigenvalue weighted by Gasteiger charge is -2.11. The number of carbonyl (C=O) groups excluding carboxylic acids is 2. The van der Waals surface area contributed by atoms with Crippen LogP contribution in [0.15, 0.2) is 51.6 Å². The molecule has 0 amide bonds. The summed E-state index contributed by atoms with van der Waals surface area (Å²) < 4.78 is 16.2. The van der Waals surface area contributed by atoms with Crippen LogP contribution >= 0.6 is 15.9 Å². The summed E-state index contributed by atoms with van der Waals surface area (Å²) >= 11 is 3.17. The summed E-state index contributed by atoms with van der Waals surface area (Å²) in [6.07, 6.45) is 1.80. The molecule has 24 heavy (non-hydrogen) atoms. The fraction of sp³-hybridized carbons (Fsp3) is 0.222. The Morgan fingerprint density at radius 3 is 2.50 bits per heavy atom. The van der Waals surface area contributed by atoms with Crippen LogP contribution in [0.5, 0.6) is 5.75 Å². The quantitative estimate of drug-likeness (QED) is 0.399. The number of rotatable bonds is 7. The number of halogens is 1. The van der Waals surface area contributed by atoms with Gasteiger partial charge < -0.3 is 13.9 Å². The van der Waals surface area contributed by atoms with E-state index in [0.29, 0.717) is 28.3 Å². The number of carbonyl (C=O) groups is 2. The van der Waals surface area contributed by atoms with Crippen LogP contribution < -0.4 is 4.74 Å². The molecule has 0 radical (unpaired) electrons. The number of furan rings is 1. The van der Waals surface area contributed by atoms with Crippen LogP contribution in [0.25, 0.3) is 6.08 Å². The Morgan fingerprint density at radius 2 is 1.92 bits per heavy atom. The monoisotopic (exact) mass is 392 g/mol. The molecule has 0 spiro atoms. The van der Waals surface area contributed by atoms with Gasteiger partial charge in [-0.1, -0.05) is 0 Å². The molecule has 5 nitrogen and oxygen atoms in total. The molecule has 1 atom stereocenters. The second-order valence-corrected chi connectivity index (χ2v) is 5.66. The van der Waals surface area contributed by atoms with Gasteiger partial charge in [0.1, 0.15) is 11.5 Å². The molecule has 1 aromatic carbocycles. The molecule has 0 saturated carbocycles. The Hall–Kier alpha value is -2.34. The van der Waals surface area contributed by atoms with Crippen molar-refractivity contribution in [1.29, 1.82) is 0 Å². The Kier molecular flexibility index (Phi) is 6.37. The molecule has 0 N–H and O–H groups in total. The lowest BCUT2D eigenvalue weighted by atomic mass is 10.1. The van der Waals surface area contributed by atoms with Crippen molar-refractivity contribution in [2.45, 2.75) is 20.0 Å². The van der Waals surface area contributed by atoms with Gasteiger partial charge in [0.15, 0.2) is 10.8 Å². The van der Waals surface area contributed by atoms with Crippen LogP contribution in [0.4, 0.5) is 0 Å². The zero-order valence-corrected chi connectivity index (χ0v) is 14.9. The maximum Gasteiger partial charge on any atom is 0.331 e. The molecule has 2 rings (SSSR count). The molecule has 0 saturated heterocycles. The number of ketones is 1. The predicted molar refractivity (Wildman–Crippen MR) is 92.9 cm³/mol. The van der Waals surface area contributed by atoms with E-state index in [0.717, 1.165) is 0 Å². The fourth-order valence-corrected chi connectivity index (χ4v) is 2.27. The van der Waals surface area contributed by atoms with Gasteiger partial charge >= 0.3 is 5.97 Å². The zero-order chi connectivity index (χ0) is 17.5. The third-order valence-electron chi connectivity index (χ3n) is 3.09. The van der Waals surface area contributed by atoms with E-state index < -0.39 is 12.1 Å². The Bertz CT molecular complexity index is 730. The standard InChI is InChI=1S/C18H17BrO5/c1-3-22-14-6-4-13(5-7-14)18(21)12(2)23-17(20)11-9-15-8-10-16(19)24-15/h4-12H,3H2,1-2H3/b11-9+/t12-/m0/s1. The first kappa shape index (κ1) is 18.0. The highest BCUT2D eigenvalue weighted by atomic mass is 79.9. The number of hydrogen-bond acceptors (Lipinski definition) is 5. The van der Waals surface area contributed by atoms with Gasteiger partial charge in [-0.25, -0.2) is 4.79 Å². The summed E-state index contributed by atoms with van der Waals surface area (Å²) in [6, 6.07) is 10.1. The molecule has 0 aliphatic heterocycles. The average Bonchev–Trinajstić information content (AvgIpc) is 2.99. The molecule has 6 heteroatoms. The second kappa shape index (κ2) is 8.49. The Morgan fingerprint density at radius 1 is 1.21 bits per heavy atom. The molecule has 0 aliphatic rings. The van der Waals surface area contributed by atoms with Gasteiger partial charge in [-0.2, -0.15) is 0 Å². The topological polar surface area (TPSA) is 65.7 Å². The highest BCUT2D eigenvalue weighted by Gasteiger charge is 2.18. The number of benzene rings is 1. The largest absolute Gasteiger partial charge is 0.494 e. The number of ether oxygens (including phenoxy) is 2. The van der Waals surface area contributed by atoms with E-state index in [2.05, 4.69) is 15.9 Å². The van der Waals surface area contributed by atoms with Crippen LogP contribution in [0.2, 0.25) is 0 Å². The molecule has 1 heterocycles. The zero-order valence-electron chi connectivity index (χ0n) is 13.3. The van der Waals surface area contributed by atoms with E-state index in [4.69, 9.17) is 13.9 Å². The van der Waals surface area contributed by atoms with Crippen molar-refractivity contribution in [1.82, 2.24) is 0 Å². The summed E-state index contributed by atoms with van der Waals surface area (Å²) in [5.41, 5.74) is 0.456. The summed E-state index contributed by atoms with van der Waals surface area (Å²) in [7, 11) is 0. The van der Waals surface area contributed by atoms with Crippen molar-refractivity contribution < 1.29 is 23.5 Å². The van der Waals surface area contributed by atoms with Gasteiger partial charge in [0, 0.05) is 11.6 Å². The van der Waals surface area contributed by atoms with E-state index in [1.54, 1.807) is 36.4 Å². The van der Waals surface area contributed by atoms with E-state index >= 15 is 0 Å². The molecule has 0 fully saturated rings. The number of Topliss-reactive ketones (excluding diaryl/α,β-unsaturated/α-hetero) is 1. The van der Waals surface area contributed by atoms with E-state index in [1.807, 2.05) is 6.92 Å². The highest BCUT2D eigenvalue weighted by molar-refractivity contribution is 9.10. The van der Waals surface area contributed by atoms with E-state index in [1.165, 1.54) is 19.1 Å². The molecule has 0 aliphatic carbocycles. The van der Waals surface area contributed by atoms with Gasteiger partial charge in [-0.05, 0) is 72.3 Å². The predicted octanol–water partition coefficient (Wildman–Crippen LogP) is 4.27. The maximum absolute atomic E-state index is 12.3. The van der Waals surface area contributed by atoms with Crippen LogP contribution in [0.1, 0.15) is 30.0 Å². The molecule has 2 aromatic rings. The summed E-state index contributed by atoms with van der Waals surface area (Å²) in [6.45, 7) is 3.98. The smallest absolute Gasteiger partial charge is 0.331 e.